The van der Waals surface area contributed by atoms with E-state index < -0.39 is 0 Å². The minimum absolute atomic E-state index is 0.00199. The molecule has 0 radical (unpaired) electrons. The molecule has 37 heavy (non-hydrogen) atoms. The van der Waals surface area contributed by atoms with E-state index in [1.807, 2.05) is 31.2 Å². The van der Waals surface area contributed by atoms with Crippen LogP contribution in [0.5, 0.6) is 0 Å². The summed E-state index contributed by atoms with van der Waals surface area (Å²) in [5, 5.41) is 0. The van der Waals surface area contributed by atoms with Crippen molar-refractivity contribution in [3.63, 3.8) is 0 Å². The summed E-state index contributed by atoms with van der Waals surface area (Å²) in [4.78, 5) is 26.3. The molecule has 1 aliphatic carbocycles. The Bertz CT molecular complexity index is 1290. The second-order valence-corrected chi connectivity index (χ2v) is 10.2. The summed E-state index contributed by atoms with van der Waals surface area (Å²) in [5.41, 5.74) is 7.44. The van der Waals surface area contributed by atoms with Crippen LogP contribution in [0.25, 0.3) is 5.57 Å². The minimum atomic E-state index is -0.298. The highest BCUT2D eigenvalue weighted by Gasteiger charge is 2.36. The summed E-state index contributed by atoms with van der Waals surface area (Å²) < 4.78 is 13.6. The van der Waals surface area contributed by atoms with E-state index in [0.717, 1.165) is 54.4 Å². The highest BCUT2D eigenvalue weighted by molar-refractivity contribution is 6.02. The van der Waals surface area contributed by atoms with Crippen LogP contribution in [0.1, 0.15) is 90.0 Å². The van der Waals surface area contributed by atoms with Gasteiger partial charge in [-0.1, -0.05) is 80.9 Å². The Kier molecular flexibility index (Phi) is 8.87. The highest BCUT2D eigenvalue weighted by atomic mass is 19.1. The molecule has 0 spiro atoms. The van der Waals surface area contributed by atoms with Gasteiger partial charge in [0.05, 0.1) is 0 Å². The predicted octanol–water partition coefficient (Wildman–Crippen LogP) is 8.46. The lowest BCUT2D eigenvalue weighted by Crippen LogP contribution is -2.20. The van der Waals surface area contributed by atoms with Crippen LogP contribution in [0.3, 0.4) is 0 Å². The molecular weight excluding hydrogens is 459 g/mol. The number of aryl methyl sites for hydroxylation is 2. The number of Topliss-reactive ketones (excluding diaryl/α,β-unsaturated/α-hetero) is 2. The van der Waals surface area contributed by atoms with Crippen LogP contribution in [0.2, 0.25) is 0 Å². The molecule has 4 rings (SSSR count). The maximum atomic E-state index is 13.9. The third-order valence-corrected chi connectivity index (χ3v) is 7.73. The maximum absolute atomic E-state index is 13.9. The van der Waals surface area contributed by atoms with Crippen LogP contribution in [-0.4, -0.2) is 11.6 Å². The van der Waals surface area contributed by atoms with Crippen LogP contribution in [0, 0.1) is 18.7 Å². The van der Waals surface area contributed by atoms with Gasteiger partial charge < -0.3 is 0 Å². The van der Waals surface area contributed by atoms with Gasteiger partial charge in [0.15, 0.2) is 5.78 Å². The first kappa shape index (κ1) is 26.7. The summed E-state index contributed by atoms with van der Waals surface area (Å²) in [6.45, 7) is 6.24. The molecule has 3 aromatic rings. The normalized spacial score (nSPS) is 17.0. The van der Waals surface area contributed by atoms with Gasteiger partial charge in [-0.3, -0.25) is 9.59 Å². The molecule has 3 aromatic carbocycles. The number of rotatable bonds is 11. The summed E-state index contributed by atoms with van der Waals surface area (Å²) in [6.07, 6.45) is 7.60. The van der Waals surface area contributed by atoms with Crippen molar-refractivity contribution in [1.29, 1.82) is 0 Å². The average Bonchev–Trinajstić information content (AvgIpc) is 3.36. The van der Waals surface area contributed by atoms with Crippen LogP contribution >= 0.6 is 0 Å². The molecule has 0 aliphatic heterocycles. The predicted molar refractivity (Wildman–Crippen MR) is 149 cm³/mol. The Morgan fingerprint density at radius 3 is 2.38 bits per heavy atom. The zero-order valence-electron chi connectivity index (χ0n) is 22.2. The quantitative estimate of drug-likeness (QED) is 0.250. The first-order chi connectivity index (χ1) is 17.9. The topological polar surface area (TPSA) is 34.1 Å². The largest absolute Gasteiger partial charge is 0.300 e. The fourth-order valence-corrected chi connectivity index (χ4v) is 5.67. The fraction of sp³-hybridized carbons (Fsp3) is 0.353. The van der Waals surface area contributed by atoms with Gasteiger partial charge in [0.25, 0.3) is 0 Å². The second-order valence-electron chi connectivity index (χ2n) is 10.2. The molecule has 0 saturated carbocycles. The van der Waals surface area contributed by atoms with E-state index in [1.54, 1.807) is 12.1 Å². The Morgan fingerprint density at radius 2 is 1.68 bits per heavy atom. The first-order valence-electron chi connectivity index (χ1n) is 13.6. The first-order valence-corrected chi connectivity index (χ1v) is 13.6. The molecule has 0 fully saturated rings. The Labute approximate surface area is 220 Å². The van der Waals surface area contributed by atoms with Crippen molar-refractivity contribution in [3.8, 4) is 0 Å². The zero-order valence-corrected chi connectivity index (χ0v) is 22.2. The molecule has 192 valence electrons. The van der Waals surface area contributed by atoms with Gasteiger partial charge in [0, 0.05) is 30.2 Å². The van der Waals surface area contributed by atoms with Gasteiger partial charge in [0.2, 0.25) is 0 Å². The van der Waals surface area contributed by atoms with Gasteiger partial charge in [-0.15, -0.1) is 0 Å². The van der Waals surface area contributed by atoms with Crippen molar-refractivity contribution in [3.05, 3.63) is 112 Å². The number of ketones is 2. The monoisotopic (exact) mass is 496 g/mol. The number of carbonyl (C=O) groups is 2. The molecule has 2 atom stereocenters. The molecule has 0 aromatic heterocycles. The van der Waals surface area contributed by atoms with Crippen LogP contribution in [0.4, 0.5) is 4.39 Å². The summed E-state index contributed by atoms with van der Waals surface area (Å²) in [6, 6.07) is 20.7. The van der Waals surface area contributed by atoms with Crippen molar-refractivity contribution < 1.29 is 14.0 Å². The number of hydrogen-bond donors (Lipinski definition) is 0. The Balaban J connectivity index is 1.70. The number of halogens is 1. The van der Waals surface area contributed by atoms with Crippen LogP contribution in [-0.2, 0) is 17.6 Å². The average molecular weight is 497 g/mol. The van der Waals surface area contributed by atoms with Gasteiger partial charge >= 0.3 is 0 Å². The number of hydrogen-bond acceptors (Lipinski definition) is 2. The molecule has 0 heterocycles. The van der Waals surface area contributed by atoms with Crippen molar-refractivity contribution >= 4 is 17.1 Å². The molecule has 1 aliphatic rings. The van der Waals surface area contributed by atoms with Gasteiger partial charge in [-0.25, -0.2) is 4.39 Å². The number of unbranched alkanes of at least 4 members (excludes halogenated alkanes) is 1. The highest BCUT2D eigenvalue weighted by Crippen LogP contribution is 2.46. The molecule has 0 N–H and O–H groups in total. The molecule has 0 amide bonds. The van der Waals surface area contributed by atoms with E-state index >= 15 is 0 Å². The lowest BCUT2D eigenvalue weighted by molar-refractivity contribution is -0.119. The van der Waals surface area contributed by atoms with Gasteiger partial charge in [0.1, 0.15) is 11.6 Å². The van der Waals surface area contributed by atoms with Crippen molar-refractivity contribution in [2.24, 2.45) is 5.92 Å². The molecule has 0 saturated heterocycles. The maximum Gasteiger partial charge on any atom is 0.170 e. The van der Waals surface area contributed by atoms with E-state index in [-0.39, 0.29) is 23.4 Å². The van der Waals surface area contributed by atoms with Gasteiger partial charge in [-0.05, 0) is 78.1 Å². The summed E-state index contributed by atoms with van der Waals surface area (Å²) in [5.74, 6) is -0.114. The van der Waals surface area contributed by atoms with E-state index in [9.17, 15) is 14.0 Å². The fourth-order valence-electron chi connectivity index (χ4n) is 5.67. The Hall–Kier alpha value is -3.33. The SMILES string of the molecule is CCCCC(=O)CCc1cccc(C2CC(c3ccc(F)cc3)=CC2C(=O)c2ccccc2C)c1CC. The smallest absolute Gasteiger partial charge is 0.170 e. The molecule has 2 nitrogen and oxygen atoms in total. The number of benzene rings is 3. The molecule has 0 bridgehead atoms. The number of allylic oxidation sites excluding steroid dienone is 2. The summed E-state index contributed by atoms with van der Waals surface area (Å²) >= 11 is 0. The van der Waals surface area contributed by atoms with E-state index in [1.165, 1.54) is 28.8 Å². The van der Waals surface area contributed by atoms with E-state index in [2.05, 4.69) is 38.1 Å². The van der Waals surface area contributed by atoms with E-state index in [4.69, 9.17) is 0 Å². The Morgan fingerprint density at radius 1 is 0.919 bits per heavy atom. The van der Waals surface area contributed by atoms with Crippen molar-refractivity contribution in [1.82, 2.24) is 0 Å². The van der Waals surface area contributed by atoms with Gasteiger partial charge in [-0.2, -0.15) is 0 Å². The van der Waals surface area contributed by atoms with Crippen molar-refractivity contribution in [2.75, 3.05) is 0 Å². The van der Waals surface area contributed by atoms with Crippen LogP contribution < -0.4 is 0 Å². The standard InChI is InChI=1S/C34H37FO2/c1-4-6-12-28(36)20-17-25-11-9-14-31(29(25)5-2)32-21-26(24-15-18-27(35)19-16-24)22-33(32)34(37)30-13-8-7-10-23(30)3/h7-11,13-16,18-19,22,32-33H,4-6,12,17,20-21H2,1-3H3. The lowest BCUT2D eigenvalue weighted by atomic mass is 9.79. The lowest BCUT2D eigenvalue weighted by Gasteiger charge is -2.24. The van der Waals surface area contributed by atoms with Crippen LogP contribution in [0.15, 0.2) is 72.8 Å². The summed E-state index contributed by atoms with van der Waals surface area (Å²) in [7, 11) is 0. The third-order valence-electron chi connectivity index (χ3n) is 7.73. The minimum Gasteiger partial charge on any atom is -0.300 e. The molecule has 2 unspecified atom stereocenters. The van der Waals surface area contributed by atoms with Crippen molar-refractivity contribution in [2.45, 2.75) is 71.6 Å². The molecule has 3 heteroatoms. The third kappa shape index (κ3) is 6.15. The van der Waals surface area contributed by atoms with E-state index in [0.29, 0.717) is 18.6 Å². The number of carbonyl (C=O) groups excluding carboxylic acids is 2. The molecular formula is C34H37FO2. The zero-order chi connectivity index (χ0) is 26.4. The second kappa shape index (κ2) is 12.3.